The maximum absolute atomic E-state index is 13.7. The van der Waals surface area contributed by atoms with Gasteiger partial charge in [0.2, 0.25) is 0 Å². The van der Waals surface area contributed by atoms with Gasteiger partial charge in [-0.15, -0.1) is 0 Å². The summed E-state index contributed by atoms with van der Waals surface area (Å²) < 4.78 is 40.3. The van der Waals surface area contributed by atoms with E-state index in [-0.39, 0.29) is 11.4 Å². The SMILES string of the molecule is CN(CCCCCc1cc(-c2cccc(F)c2)n[nH]1)C(=O)c1cccc(F)c1F. The molecule has 0 radical (unpaired) electrons. The molecule has 29 heavy (non-hydrogen) atoms. The van der Waals surface area contributed by atoms with E-state index in [0.717, 1.165) is 43.0 Å². The number of unbranched alkanes of at least 4 members (excludes halogenated alkanes) is 2. The zero-order valence-corrected chi connectivity index (χ0v) is 16.1. The van der Waals surface area contributed by atoms with Crippen LogP contribution in [0.3, 0.4) is 0 Å². The molecule has 0 spiro atoms. The van der Waals surface area contributed by atoms with Crippen LogP contribution in [0.5, 0.6) is 0 Å². The van der Waals surface area contributed by atoms with Crippen molar-refractivity contribution in [2.45, 2.75) is 25.7 Å². The van der Waals surface area contributed by atoms with E-state index >= 15 is 0 Å². The van der Waals surface area contributed by atoms with E-state index in [0.29, 0.717) is 12.2 Å². The molecule has 0 atom stereocenters. The lowest BCUT2D eigenvalue weighted by Crippen LogP contribution is -2.28. The van der Waals surface area contributed by atoms with Crippen LogP contribution in [0.2, 0.25) is 0 Å². The van der Waals surface area contributed by atoms with Crippen LogP contribution >= 0.6 is 0 Å². The highest BCUT2D eigenvalue weighted by molar-refractivity contribution is 5.94. The Hall–Kier alpha value is -3.09. The Balaban J connectivity index is 1.43. The summed E-state index contributed by atoms with van der Waals surface area (Å²) >= 11 is 0. The van der Waals surface area contributed by atoms with E-state index in [4.69, 9.17) is 0 Å². The molecule has 0 aliphatic heterocycles. The maximum atomic E-state index is 13.7. The molecule has 3 aromatic rings. The molecule has 2 aromatic carbocycles. The fourth-order valence-corrected chi connectivity index (χ4v) is 3.10. The predicted octanol–water partition coefficient (Wildman–Crippen LogP) is 4.98. The third kappa shape index (κ3) is 5.25. The summed E-state index contributed by atoms with van der Waals surface area (Å²) in [6.45, 7) is 0.451. The first kappa shape index (κ1) is 20.6. The summed E-state index contributed by atoms with van der Waals surface area (Å²) in [6, 6.07) is 11.8. The van der Waals surface area contributed by atoms with Crippen molar-refractivity contribution >= 4 is 5.91 Å². The molecule has 0 aliphatic carbocycles. The van der Waals surface area contributed by atoms with Crippen LogP contribution in [0.25, 0.3) is 11.3 Å². The van der Waals surface area contributed by atoms with E-state index in [1.807, 2.05) is 6.07 Å². The highest BCUT2D eigenvalue weighted by Gasteiger charge is 2.18. The number of nitrogens with one attached hydrogen (secondary N) is 1. The van der Waals surface area contributed by atoms with Gasteiger partial charge in [-0.25, -0.2) is 13.2 Å². The summed E-state index contributed by atoms with van der Waals surface area (Å²) in [5.41, 5.74) is 2.12. The maximum Gasteiger partial charge on any atom is 0.256 e. The number of H-pyrrole nitrogens is 1. The molecule has 1 aromatic heterocycles. The standard InChI is InChI=1S/C22H22F3N3O/c1-28(22(29)18-10-6-11-19(24)21(18)25)12-4-2-3-9-17-14-20(27-26-17)15-7-5-8-16(23)13-15/h5-8,10-11,13-14H,2-4,9,12H2,1H3,(H,26,27). The second-order valence-corrected chi connectivity index (χ2v) is 6.93. The van der Waals surface area contributed by atoms with Crippen molar-refractivity contribution in [2.75, 3.05) is 13.6 Å². The average Bonchev–Trinajstić information content (AvgIpc) is 3.18. The Kier molecular flexibility index (Phi) is 6.69. The molecular formula is C22H22F3N3O. The van der Waals surface area contributed by atoms with Crippen molar-refractivity contribution in [3.8, 4) is 11.3 Å². The largest absolute Gasteiger partial charge is 0.342 e. The van der Waals surface area contributed by atoms with Crippen molar-refractivity contribution in [1.29, 1.82) is 0 Å². The molecule has 7 heteroatoms. The van der Waals surface area contributed by atoms with Crippen molar-refractivity contribution in [3.05, 3.63) is 77.2 Å². The molecule has 0 saturated carbocycles. The van der Waals surface area contributed by atoms with Gasteiger partial charge in [0.25, 0.3) is 5.91 Å². The normalized spacial score (nSPS) is 10.9. The number of carbonyl (C=O) groups is 1. The second-order valence-electron chi connectivity index (χ2n) is 6.93. The van der Waals surface area contributed by atoms with Crippen LogP contribution in [0.1, 0.15) is 35.3 Å². The number of aryl methyl sites for hydroxylation is 1. The molecule has 4 nitrogen and oxygen atoms in total. The smallest absolute Gasteiger partial charge is 0.256 e. The lowest BCUT2D eigenvalue weighted by Gasteiger charge is -2.17. The van der Waals surface area contributed by atoms with Gasteiger partial charge in [-0.3, -0.25) is 9.89 Å². The van der Waals surface area contributed by atoms with Crippen LogP contribution in [0.4, 0.5) is 13.2 Å². The first-order chi connectivity index (χ1) is 14.0. The Morgan fingerprint density at radius 2 is 1.83 bits per heavy atom. The third-order valence-electron chi connectivity index (χ3n) is 4.72. The molecule has 3 rings (SSSR count). The fourth-order valence-electron chi connectivity index (χ4n) is 3.10. The molecule has 152 valence electrons. The van der Waals surface area contributed by atoms with E-state index in [2.05, 4.69) is 10.2 Å². The van der Waals surface area contributed by atoms with Gasteiger partial charge in [-0.2, -0.15) is 5.10 Å². The minimum Gasteiger partial charge on any atom is -0.342 e. The highest BCUT2D eigenvalue weighted by atomic mass is 19.2. The third-order valence-corrected chi connectivity index (χ3v) is 4.72. The summed E-state index contributed by atoms with van der Waals surface area (Å²) in [5, 5.41) is 7.18. The first-order valence-electron chi connectivity index (χ1n) is 9.45. The number of hydrogen-bond acceptors (Lipinski definition) is 2. The van der Waals surface area contributed by atoms with Crippen molar-refractivity contribution in [3.63, 3.8) is 0 Å². The lowest BCUT2D eigenvalue weighted by atomic mass is 10.1. The molecule has 0 bridgehead atoms. The minimum atomic E-state index is -1.11. The number of benzene rings is 2. The molecule has 0 aliphatic rings. The number of nitrogens with zero attached hydrogens (tertiary/aromatic N) is 2. The number of hydrogen-bond donors (Lipinski definition) is 1. The number of halogens is 3. The van der Waals surface area contributed by atoms with Crippen molar-refractivity contribution in [1.82, 2.24) is 15.1 Å². The van der Waals surface area contributed by atoms with Gasteiger partial charge in [-0.05, 0) is 49.6 Å². The molecule has 1 amide bonds. The highest BCUT2D eigenvalue weighted by Crippen LogP contribution is 2.19. The molecule has 0 fully saturated rings. The Morgan fingerprint density at radius 3 is 2.62 bits per heavy atom. The average molecular weight is 401 g/mol. The Labute approximate surface area is 167 Å². The Bertz CT molecular complexity index is 987. The number of amides is 1. The van der Waals surface area contributed by atoms with Gasteiger partial charge in [0.1, 0.15) is 5.82 Å². The number of aromatic amines is 1. The monoisotopic (exact) mass is 401 g/mol. The van der Waals surface area contributed by atoms with Gasteiger partial charge in [0, 0.05) is 24.8 Å². The quantitative estimate of drug-likeness (QED) is 0.541. The summed E-state index contributed by atoms with van der Waals surface area (Å²) in [6.07, 6.45) is 3.25. The zero-order chi connectivity index (χ0) is 20.8. The Morgan fingerprint density at radius 1 is 1.03 bits per heavy atom. The van der Waals surface area contributed by atoms with Gasteiger partial charge < -0.3 is 4.90 Å². The van der Waals surface area contributed by atoms with E-state index in [1.54, 1.807) is 19.2 Å². The van der Waals surface area contributed by atoms with Gasteiger partial charge in [0.05, 0.1) is 11.3 Å². The van der Waals surface area contributed by atoms with Crippen LogP contribution in [-0.4, -0.2) is 34.6 Å². The van der Waals surface area contributed by atoms with Crippen LogP contribution < -0.4 is 0 Å². The molecule has 1 heterocycles. The topological polar surface area (TPSA) is 49.0 Å². The van der Waals surface area contributed by atoms with E-state index < -0.39 is 17.5 Å². The van der Waals surface area contributed by atoms with Crippen molar-refractivity contribution in [2.24, 2.45) is 0 Å². The summed E-state index contributed by atoms with van der Waals surface area (Å²) in [7, 11) is 1.58. The molecule has 1 N–H and O–H groups in total. The second kappa shape index (κ2) is 9.41. The summed E-state index contributed by atoms with van der Waals surface area (Å²) in [4.78, 5) is 13.6. The number of rotatable bonds is 8. The predicted molar refractivity (Wildman–Crippen MR) is 105 cm³/mol. The fraction of sp³-hybridized carbons (Fsp3) is 0.273. The first-order valence-corrected chi connectivity index (χ1v) is 9.45. The van der Waals surface area contributed by atoms with Crippen LogP contribution in [-0.2, 0) is 6.42 Å². The van der Waals surface area contributed by atoms with Crippen LogP contribution in [0, 0.1) is 17.5 Å². The molecule has 0 saturated heterocycles. The minimum absolute atomic E-state index is 0.255. The zero-order valence-electron chi connectivity index (χ0n) is 16.1. The molecule has 0 unspecified atom stereocenters. The molecular weight excluding hydrogens is 379 g/mol. The van der Waals surface area contributed by atoms with Gasteiger partial charge in [0.15, 0.2) is 11.6 Å². The van der Waals surface area contributed by atoms with Gasteiger partial charge in [-0.1, -0.05) is 24.6 Å². The van der Waals surface area contributed by atoms with Crippen molar-refractivity contribution < 1.29 is 18.0 Å². The number of carbonyl (C=O) groups excluding carboxylic acids is 1. The van der Waals surface area contributed by atoms with Crippen LogP contribution in [0.15, 0.2) is 48.5 Å². The number of aromatic nitrogens is 2. The van der Waals surface area contributed by atoms with Gasteiger partial charge >= 0.3 is 0 Å². The van der Waals surface area contributed by atoms with E-state index in [9.17, 15) is 18.0 Å². The summed E-state index contributed by atoms with van der Waals surface area (Å²) in [5.74, 6) is -2.97. The van der Waals surface area contributed by atoms with E-state index in [1.165, 1.54) is 29.2 Å². The lowest BCUT2D eigenvalue weighted by molar-refractivity contribution is 0.0787.